The summed E-state index contributed by atoms with van der Waals surface area (Å²) in [5.41, 5.74) is 0.0937. The van der Waals surface area contributed by atoms with E-state index in [1.165, 1.54) is 18.7 Å². The number of hydrogen-bond donors (Lipinski definition) is 1. The fraction of sp³-hybridized carbons (Fsp3) is 0.333. The number of Topliss-reactive ketones (excluding diaryl/α,β-unsaturated/α-hetero) is 1. The van der Waals surface area contributed by atoms with Gasteiger partial charge in [-0.3, -0.25) is 14.6 Å². The molecule has 0 radical (unpaired) electrons. The highest BCUT2D eigenvalue weighted by Crippen LogP contribution is 2.09. The number of thioether (sulfide) groups is 1. The van der Waals surface area contributed by atoms with Gasteiger partial charge in [-0.05, 0) is 19.1 Å². The van der Waals surface area contributed by atoms with E-state index in [4.69, 9.17) is 4.42 Å². The zero-order valence-electron chi connectivity index (χ0n) is 10.4. The fourth-order valence-electron chi connectivity index (χ4n) is 1.44. The molecule has 100 valence electrons. The molecule has 2 aromatic rings. The minimum absolute atomic E-state index is 0.0227. The van der Waals surface area contributed by atoms with E-state index in [2.05, 4.69) is 15.2 Å². The maximum Gasteiger partial charge on any atom is 0.273 e. The standard InChI is InChI=1S/C12H13N3O3S/c1-8(16)7-19-12-13-11(17)10(14-15-12)5-4-9-3-2-6-18-9/h2-3,6H,4-5,7H2,1H3,(H,13,15,17). The van der Waals surface area contributed by atoms with Crippen LogP contribution in [-0.4, -0.2) is 26.7 Å². The molecular formula is C12H13N3O3S. The Morgan fingerprint density at radius 1 is 1.42 bits per heavy atom. The second-order valence-electron chi connectivity index (χ2n) is 3.98. The Kier molecular flexibility index (Phi) is 4.51. The summed E-state index contributed by atoms with van der Waals surface area (Å²) >= 11 is 1.17. The molecule has 19 heavy (non-hydrogen) atoms. The summed E-state index contributed by atoms with van der Waals surface area (Å²) in [5, 5.41) is 8.14. The van der Waals surface area contributed by atoms with Gasteiger partial charge < -0.3 is 4.42 Å². The van der Waals surface area contributed by atoms with E-state index in [1.807, 2.05) is 6.07 Å². The number of aryl methyl sites for hydroxylation is 2. The number of carbonyl (C=O) groups is 1. The molecule has 2 heterocycles. The van der Waals surface area contributed by atoms with Crippen LogP contribution in [-0.2, 0) is 17.6 Å². The van der Waals surface area contributed by atoms with E-state index < -0.39 is 0 Å². The first-order valence-electron chi connectivity index (χ1n) is 5.75. The minimum atomic E-state index is -0.271. The third-order valence-electron chi connectivity index (χ3n) is 2.34. The number of carbonyl (C=O) groups excluding carboxylic acids is 1. The van der Waals surface area contributed by atoms with E-state index in [1.54, 1.807) is 12.3 Å². The van der Waals surface area contributed by atoms with Crippen LogP contribution in [0.25, 0.3) is 0 Å². The summed E-state index contributed by atoms with van der Waals surface area (Å²) in [6.45, 7) is 1.48. The number of nitrogens with zero attached hydrogens (tertiary/aromatic N) is 2. The zero-order valence-corrected chi connectivity index (χ0v) is 11.2. The Morgan fingerprint density at radius 2 is 2.26 bits per heavy atom. The Hall–Kier alpha value is -1.89. The molecule has 0 unspecified atom stereocenters. The summed E-state index contributed by atoms with van der Waals surface area (Å²) in [6, 6.07) is 3.64. The van der Waals surface area contributed by atoms with Crippen LogP contribution in [0.5, 0.6) is 0 Å². The number of aromatic amines is 1. The lowest BCUT2D eigenvalue weighted by Crippen LogP contribution is -2.18. The third kappa shape index (κ3) is 4.06. The van der Waals surface area contributed by atoms with Crippen LogP contribution in [0.15, 0.2) is 32.8 Å². The van der Waals surface area contributed by atoms with Crippen molar-refractivity contribution in [1.82, 2.24) is 15.2 Å². The lowest BCUT2D eigenvalue weighted by atomic mass is 10.2. The lowest BCUT2D eigenvalue weighted by Gasteiger charge is -2.00. The van der Waals surface area contributed by atoms with Gasteiger partial charge in [0.05, 0.1) is 12.0 Å². The molecule has 0 amide bonds. The molecule has 0 saturated carbocycles. The molecule has 0 atom stereocenters. The number of H-pyrrole nitrogens is 1. The first kappa shape index (κ1) is 13.5. The van der Waals surface area contributed by atoms with Crippen molar-refractivity contribution in [3.05, 3.63) is 40.2 Å². The summed E-state index contributed by atoms with van der Waals surface area (Å²) in [5.74, 6) is 1.10. The third-order valence-corrected chi connectivity index (χ3v) is 3.35. The molecule has 0 aliphatic rings. The normalized spacial score (nSPS) is 10.6. The molecular weight excluding hydrogens is 266 g/mol. The number of hydrogen-bond acceptors (Lipinski definition) is 6. The van der Waals surface area contributed by atoms with Gasteiger partial charge in [0, 0.05) is 12.8 Å². The van der Waals surface area contributed by atoms with Gasteiger partial charge in [-0.15, -0.1) is 10.2 Å². The monoisotopic (exact) mass is 279 g/mol. The highest BCUT2D eigenvalue weighted by atomic mass is 32.2. The van der Waals surface area contributed by atoms with Crippen LogP contribution in [0, 0.1) is 0 Å². The van der Waals surface area contributed by atoms with Gasteiger partial charge >= 0.3 is 0 Å². The number of ketones is 1. The molecule has 2 rings (SSSR count). The van der Waals surface area contributed by atoms with Gasteiger partial charge in [0.15, 0.2) is 5.16 Å². The van der Waals surface area contributed by atoms with Crippen LogP contribution in [0.4, 0.5) is 0 Å². The Balaban J connectivity index is 1.98. The summed E-state index contributed by atoms with van der Waals surface area (Å²) in [7, 11) is 0. The number of nitrogens with one attached hydrogen (secondary N) is 1. The molecule has 7 heteroatoms. The molecule has 0 aliphatic carbocycles. The fourth-order valence-corrected chi connectivity index (χ4v) is 2.04. The molecule has 0 saturated heterocycles. The number of rotatable bonds is 6. The van der Waals surface area contributed by atoms with Gasteiger partial charge in [0.25, 0.3) is 5.56 Å². The minimum Gasteiger partial charge on any atom is -0.469 e. The zero-order chi connectivity index (χ0) is 13.7. The highest BCUT2D eigenvalue weighted by Gasteiger charge is 2.07. The van der Waals surface area contributed by atoms with Crippen LogP contribution < -0.4 is 5.56 Å². The molecule has 0 bridgehead atoms. The quantitative estimate of drug-likeness (QED) is 0.800. The maximum atomic E-state index is 11.8. The van der Waals surface area contributed by atoms with Gasteiger partial charge in [-0.2, -0.15) is 0 Å². The maximum absolute atomic E-state index is 11.8. The van der Waals surface area contributed by atoms with Crippen molar-refractivity contribution in [2.75, 3.05) is 5.75 Å². The summed E-state index contributed by atoms with van der Waals surface area (Å²) < 4.78 is 5.18. The second kappa shape index (κ2) is 6.33. The predicted molar refractivity (Wildman–Crippen MR) is 70.2 cm³/mol. The first-order valence-corrected chi connectivity index (χ1v) is 6.74. The van der Waals surface area contributed by atoms with Gasteiger partial charge in [0.1, 0.15) is 17.2 Å². The van der Waals surface area contributed by atoms with E-state index >= 15 is 0 Å². The molecule has 0 spiro atoms. The molecule has 6 nitrogen and oxygen atoms in total. The van der Waals surface area contributed by atoms with E-state index in [0.717, 1.165) is 5.76 Å². The largest absolute Gasteiger partial charge is 0.469 e. The second-order valence-corrected chi connectivity index (χ2v) is 4.94. The SMILES string of the molecule is CC(=O)CSc1nnc(CCc2ccco2)c(=O)[nH]1. The van der Waals surface area contributed by atoms with Gasteiger partial charge in [-0.25, -0.2) is 0 Å². The highest BCUT2D eigenvalue weighted by molar-refractivity contribution is 7.99. The summed E-state index contributed by atoms with van der Waals surface area (Å²) in [6.07, 6.45) is 2.66. The van der Waals surface area contributed by atoms with Crippen molar-refractivity contribution in [3.8, 4) is 0 Å². The smallest absolute Gasteiger partial charge is 0.273 e. The topological polar surface area (TPSA) is 88.8 Å². The van der Waals surface area contributed by atoms with Gasteiger partial charge in [-0.1, -0.05) is 11.8 Å². The van der Waals surface area contributed by atoms with E-state index in [-0.39, 0.29) is 17.1 Å². The van der Waals surface area contributed by atoms with E-state index in [0.29, 0.717) is 23.7 Å². The molecule has 0 fully saturated rings. The average molecular weight is 279 g/mol. The van der Waals surface area contributed by atoms with Crippen molar-refractivity contribution >= 4 is 17.5 Å². The van der Waals surface area contributed by atoms with Gasteiger partial charge in [0.2, 0.25) is 0 Å². The average Bonchev–Trinajstić information content (AvgIpc) is 2.88. The number of aromatic nitrogens is 3. The lowest BCUT2D eigenvalue weighted by molar-refractivity contribution is -0.114. The predicted octanol–water partition coefficient (Wildman–Crippen LogP) is 1.22. The van der Waals surface area contributed by atoms with Crippen LogP contribution >= 0.6 is 11.8 Å². The first-order chi connectivity index (χ1) is 9.15. The Morgan fingerprint density at radius 3 is 2.89 bits per heavy atom. The van der Waals surface area contributed by atoms with Crippen LogP contribution in [0.2, 0.25) is 0 Å². The molecule has 1 N–H and O–H groups in total. The Labute approximate surface area is 113 Å². The van der Waals surface area contributed by atoms with Crippen molar-refractivity contribution in [2.45, 2.75) is 24.9 Å². The van der Waals surface area contributed by atoms with Crippen molar-refractivity contribution in [3.63, 3.8) is 0 Å². The van der Waals surface area contributed by atoms with Crippen LogP contribution in [0.1, 0.15) is 18.4 Å². The molecule has 2 aromatic heterocycles. The Bertz CT molecular complexity index is 607. The van der Waals surface area contributed by atoms with Crippen molar-refractivity contribution in [2.24, 2.45) is 0 Å². The summed E-state index contributed by atoms with van der Waals surface area (Å²) in [4.78, 5) is 25.2. The molecule has 0 aliphatic heterocycles. The van der Waals surface area contributed by atoms with Crippen LogP contribution in [0.3, 0.4) is 0 Å². The number of furan rings is 1. The van der Waals surface area contributed by atoms with Crippen molar-refractivity contribution in [1.29, 1.82) is 0 Å². The molecule has 0 aromatic carbocycles. The van der Waals surface area contributed by atoms with Crippen molar-refractivity contribution < 1.29 is 9.21 Å². The van der Waals surface area contributed by atoms with E-state index in [9.17, 15) is 9.59 Å².